The number of halogens is 6. The van der Waals surface area contributed by atoms with E-state index in [9.17, 15) is 31.9 Å². The molecule has 3 aromatic carbocycles. The molecular weight excluding hydrogens is 493 g/mol. The predicted molar refractivity (Wildman–Crippen MR) is 119 cm³/mol. The second-order valence-electron chi connectivity index (χ2n) is 7.42. The Hall–Kier alpha value is -3.85. The van der Waals surface area contributed by atoms with Crippen LogP contribution in [0.25, 0.3) is 16.9 Å². The summed E-state index contributed by atoms with van der Waals surface area (Å²) in [5.41, 5.74) is -1.62. The smallest absolute Gasteiger partial charge is 0.431 e. The lowest BCUT2D eigenvalue weighted by molar-refractivity contribution is -0.142. The van der Waals surface area contributed by atoms with Gasteiger partial charge < -0.3 is 14.4 Å². The van der Waals surface area contributed by atoms with Gasteiger partial charge in [0, 0.05) is 16.3 Å². The van der Waals surface area contributed by atoms with Crippen LogP contribution in [0.1, 0.15) is 21.6 Å². The van der Waals surface area contributed by atoms with Crippen molar-refractivity contribution in [1.29, 1.82) is 0 Å². The van der Waals surface area contributed by atoms with Gasteiger partial charge in [-0.1, -0.05) is 23.7 Å². The molecule has 0 aliphatic rings. The van der Waals surface area contributed by atoms with E-state index >= 15 is 0 Å². The third-order valence-electron chi connectivity index (χ3n) is 5.17. The number of nitrogens with zero attached hydrogens (tertiary/aromatic N) is 1. The molecule has 0 aliphatic carbocycles. The molecule has 0 bridgehead atoms. The molecule has 0 fully saturated rings. The maximum absolute atomic E-state index is 14.0. The van der Waals surface area contributed by atoms with Crippen LogP contribution >= 0.6 is 11.6 Å². The van der Waals surface area contributed by atoms with Gasteiger partial charge in [-0.2, -0.15) is 13.2 Å². The summed E-state index contributed by atoms with van der Waals surface area (Å²) in [5.74, 6) is -2.98. The van der Waals surface area contributed by atoms with Crippen molar-refractivity contribution in [2.75, 3.05) is 0 Å². The van der Waals surface area contributed by atoms with Crippen LogP contribution in [-0.2, 0) is 12.8 Å². The van der Waals surface area contributed by atoms with Gasteiger partial charge in [0.15, 0.2) is 0 Å². The minimum atomic E-state index is -4.78. The molecule has 4 rings (SSSR count). The van der Waals surface area contributed by atoms with Gasteiger partial charge in [-0.25, -0.2) is 13.6 Å². The number of carboxylic acid groups (broad SMARTS) is 1. The Labute approximate surface area is 200 Å². The number of alkyl halides is 3. The molecule has 4 aromatic rings. The topological polar surface area (TPSA) is 51.5 Å². The normalized spacial score (nSPS) is 11.5. The fraction of sp³-hybridized carbons (Fsp3) is 0.0800. The van der Waals surface area contributed by atoms with Crippen LogP contribution in [0.2, 0.25) is 5.02 Å². The van der Waals surface area contributed by atoms with Gasteiger partial charge in [0.25, 0.3) is 0 Å². The van der Waals surface area contributed by atoms with Crippen molar-refractivity contribution >= 4 is 17.6 Å². The quantitative estimate of drug-likeness (QED) is 0.277. The highest BCUT2D eigenvalue weighted by Gasteiger charge is 2.36. The minimum Gasteiger partial charge on any atom is -0.488 e. The van der Waals surface area contributed by atoms with E-state index in [-0.39, 0.29) is 38.8 Å². The van der Waals surface area contributed by atoms with Crippen molar-refractivity contribution in [3.63, 3.8) is 0 Å². The largest absolute Gasteiger partial charge is 0.488 e. The number of benzene rings is 3. The Morgan fingerprint density at radius 2 is 1.63 bits per heavy atom. The number of aromatic carboxylic acids is 1. The Bertz CT molecular complexity index is 1390. The van der Waals surface area contributed by atoms with Crippen LogP contribution in [0.3, 0.4) is 0 Å². The zero-order valence-corrected chi connectivity index (χ0v) is 18.4. The van der Waals surface area contributed by atoms with Crippen molar-refractivity contribution in [2.24, 2.45) is 0 Å². The summed E-state index contributed by atoms with van der Waals surface area (Å²) in [4.78, 5) is 11.4. The van der Waals surface area contributed by atoms with E-state index in [1.54, 1.807) is 0 Å². The van der Waals surface area contributed by atoms with E-state index in [2.05, 4.69) is 0 Å². The fourth-order valence-electron chi connectivity index (χ4n) is 3.57. The molecule has 1 heterocycles. The fourth-order valence-corrected chi connectivity index (χ4v) is 3.74. The van der Waals surface area contributed by atoms with E-state index in [4.69, 9.17) is 16.3 Å². The van der Waals surface area contributed by atoms with E-state index in [1.165, 1.54) is 48.5 Å². The molecule has 0 amide bonds. The number of carbonyl (C=O) groups is 1. The Morgan fingerprint density at radius 1 is 0.943 bits per heavy atom. The average molecular weight is 508 g/mol. The van der Waals surface area contributed by atoms with Crippen molar-refractivity contribution in [3.05, 3.63) is 106 Å². The van der Waals surface area contributed by atoms with E-state index in [0.29, 0.717) is 0 Å². The summed E-state index contributed by atoms with van der Waals surface area (Å²) < 4.78 is 76.2. The van der Waals surface area contributed by atoms with Crippen molar-refractivity contribution in [3.8, 4) is 22.7 Å². The van der Waals surface area contributed by atoms with Crippen molar-refractivity contribution < 1.29 is 36.6 Å². The molecule has 1 aromatic heterocycles. The number of hydrogen-bond donors (Lipinski definition) is 1. The van der Waals surface area contributed by atoms with Crippen LogP contribution in [0.15, 0.2) is 72.8 Å². The highest BCUT2D eigenvalue weighted by atomic mass is 35.5. The maximum atomic E-state index is 14.0. The van der Waals surface area contributed by atoms with Crippen molar-refractivity contribution in [2.45, 2.75) is 12.8 Å². The van der Waals surface area contributed by atoms with Crippen molar-refractivity contribution in [1.82, 2.24) is 4.57 Å². The molecule has 0 radical (unpaired) electrons. The lowest BCUT2D eigenvalue weighted by Gasteiger charge is -2.18. The summed E-state index contributed by atoms with van der Waals surface area (Å²) in [5, 5.41) is 9.47. The molecule has 180 valence electrons. The van der Waals surface area contributed by atoms with Crippen LogP contribution in [-0.4, -0.2) is 15.6 Å². The summed E-state index contributed by atoms with van der Waals surface area (Å²) in [6.07, 6.45) is -4.78. The van der Waals surface area contributed by atoms with Gasteiger partial charge in [0.2, 0.25) is 0 Å². The summed E-state index contributed by atoms with van der Waals surface area (Å²) in [6.45, 7) is -0.533. The zero-order chi connectivity index (χ0) is 25.3. The summed E-state index contributed by atoms with van der Waals surface area (Å²) >= 11 is 6.11. The predicted octanol–water partition coefficient (Wildman–Crippen LogP) is 7.37. The van der Waals surface area contributed by atoms with Crippen LogP contribution in [0.5, 0.6) is 5.75 Å². The first kappa shape index (κ1) is 24.3. The van der Waals surface area contributed by atoms with Gasteiger partial charge in [-0.3, -0.25) is 0 Å². The molecule has 4 nitrogen and oxygen atoms in total. The van der Waals surface area contributed by atoms with Crippen LogP contribution < -0.4 is 4.74 Å². The number of ether oxygens (including phenoxy) is 1. The molecule has 1 N–H and O–H groups in total. The molecule has 0 spiro atoms. The zero-order valence-electron chi connectivity index (χ0n) is 17.6. The first-order valence-corrected chi connectivity index (χ1v) is 10.4. The lowest BCUT2D eigenvalue weighted by Crippen LogP contribution is -2.13. The van der Waals surface area contributed by atoms with Gasteiger partial charge >= 0.3 is 12.1 Å². The third kappa shape index (κ3) is 5.00. The molecule has 0 atom stereocenters. The number of rotatable bonds is 6. The van der Waals surface area contributed by atoms with E-state index in [1.807, 2.05) is 0 Å². The summed E-state index contributed by atoms with van der Waals surface area (Å²) in [7, 11) is 0. The standard InChI is InChI=1S/C25H15ClF5NO3/c26-15-7-9-22(35-13-18-19(27)5-2-6-20(18)28)17(12-15)21-8-10-23(25(29,30)31)32(21)16-4-1-3-14(11-16)24(33)34/h1-12H,13H2,(H,33,34). The molecule has 0 saturated heterocycles. The minimum absolute atomic E-state index is 0.0134. The maximum Gasteiger partial charge on any atom is 0.431 e. The van der Waals surface area contributed by atoms with E-state index < -0.39 is 36.1 Å². The Balaban J connectivity index is 1.86. The molecule has 0 saturated carbocycles. The average Bonchev–Trinajstić information content (AvgIpc) is 3.25. The highest BCUT2D eigenvalue weighted by molar-refractivity contribution is 6.31. The second-order valence-corrected chi connectivity index (χ2v) is 7.86. The monoisotopic (exact) mass is 507 g/mol. The van der Waals surface area contributed by atoms with Crippen LogP contribution in [0.4, 0.5) is 22.0 Å². The first-order valence-electron chi connectivity index (χ1n) is 10.0. The number of aromatic nitrogens is 1. The SMILES string of the molecule is O=C(O)c1cccc(-n2c(-c3cc(Cl)ccc3OCc3c(F)cccc3F)ccc2C(F)(F)F)c1. The number of carboxylic acids is 1. The highest BCUT2D eigenvalue weighted by Crippen LogP contribution is 2.40. The molecular formula is C25H15ClF5NO3. The van der Waals surface area contributed by atoms with Gasteiger partial charge in [0.05, 0.1) is 16.8 Å². The Morgan fingerprint density at radius 3 is 2.29 bits per heavy atom. The lowest BCUT2D eigenvalue weighted by atomic mass is 10.1. The van der Waals surface area contributed by atoms with Gasteiger partial charge in [0.1, 0.15) is 29.7 Å². The van der Waals surface area contributed by atoms with Gasteiger partial charge in [-0.15, -0.1) is 0 Å². The molecule has 0 aliphatic heterocycles. The van der Waals surface area contributed by atoms with E-state index in [0.717, 1.165) is 28.8 Å². The van der Waals surface area contributed by atoms with Crippen LogP contribution in [0, 0.1) is 11.6 Å². The Kier molecular flexibility index (Phi) is 6.53. The van der Waals surface area contributed by atoms with Gasteiger partial charge in [-0.05, 0) is 60.7 Å². The molecule has 35 heavy (non-hydrogen) atoms. The number of hydrogen-bond acceptors (Lipinski definition) is 2. The molecule has 0 unspecified atom stereocenters. The summed E-state index contributed by atoms with van der Waals surface area (Å²) in [6, 6.07) is 14.4. The first-order chi connectivity index (χ1) is 16.6. The second kappa shape index (κ2) is 9.42. The molecule has 10 heteroatoms. The third-order valence-corrected chi connectivity index (χ3v) is 5.41.